The van der Waals surface area contributed by atoms with Gasteiger partial charge in [0.05, 0.1) is 12.3 Å². The molecule has 0 spiro atoms. The summed E-state index contributed by atoms with van der Waals surface area (Å²) in [5, 5.41) is 3.02. The molecule has 28 heavy (non-hydrogen) atoms. The monoisotopic (exact) mass is 407 g/mol. The Kier molecular flexibility index (Phi) is 6.56. The van der Waals surface area contributed by atoms with Gasteiger partial charge in [-0.05, 0) is 70.3 Å². The van der Waals surface area contributed by atoms with Gasteiger partial charge in [0, 0.05) is 5.56 Å². The van der Waals surface area contributed by atoms with E-state index in [9.17, 15) is 4.79 Å². The molecule has 1 aliphatic rings. The topological polar surface area (TPSA) is 56.8 Å². The van der Waals surface area contributed by atoms with Crippen LogP contribution in [0.3, 0.4) is 0 Å². The Morgan fingerprint density at radius 3 is 2.43 bits per heavy atom. The van der Waals surface area contributed by atoms with Gasteiger partial charge in [0.15, 0.2) is 8.32 Å². The van der Waals surface area contributed by atoms with Gasteiger partial charge in [-0.2, -0.15) is 0 Å². The van der Waals surface area contributed by atoms with E-state index in [1.54, 1.807) is 0 Å². The van der Waals surface area contributed by atoms with Gasteiger partial charge in [-0.1, -0.05) is 26.8 Å². The first kappa shape index (κ1) is 22.8. The van der Waals surface area contributed by atoms with Crippen LogP contribution in [0.4, 0.5) is 10.5 Å². The summed E-state index contributed by atoms with van der Waals surface area (Å²) in [6.45, 7) is 19.4. The Morgan fingerprint density at radius 2 is 1.86 bits per heavy atom. The average molecular weight is 408 g/mol. The standard InChI is InChI=1S/C22H37NO4Si/c1-15-18(23-20(24)27-21(2,3)4)13-11-16-10-12-17(26-19(15)16)14-25-28(8,9)22(5,6)7/h11,13,17H,10,12,14H2,1-9H3,(H,23,24)/t17-/m1/s1. The van der Waals surface area contributed by atoms with E-state index in [0.717, 1.165) is 29.8 Å². The van der Waals surface area contributed by atoms with Gasteiger partial charge in [0.1, 0.15) is 17.5 Å². The number of rotatable bonds is 4. The highest BCUT2D eigenvalue weighted by Crippen LogP contribution is 2.38. The molecule has 1 aromatic rings. The quantitative estimate of drug-likeness (QED) is 0.617. The SMILES string of the molecule is Cc1c(NC(=O)OC(C)(C)C)ccc2c1O[C@@H](CO[Si](C)(C)C(C)(C)C)CC2. The molecule has 1 amide bonds. The van der Waals surface area contributed by atoms with Gasteiger partial charge in [0.25, 0.3) is 0 Å². The number of aryl methyl sites for hydroxylation is 1. The number of ether oxygens (including phenoxy) is 2. The molecule has 0 radical (unpaired) electrons. The lowest BCUT2D eigenvalue weighted by molar-refractivity contribution is 0.0635. The van der Waals surface area contributed by atoms with Crippen LogP contribution in [0.1, 0.15) is 59.1 Å². The molecule has 5 nitrogen and oxygen atoms in total. The van der Waals surface area contributed by atoms with Crippen LogP contribution in [0, 0.1) is 6.92 Å². The molecule has 1 heterocycles. The smallest absolute Gasteiger partial charge is 0.412 e. The molecule has 0 aliphatic carbocycles. The number of amides is 1. The molecule has 158 valence electrons. The molecule has 1 N–H and O–H groups in total. The first-order valence-corrected chi connectivity index (χ1v) is 13.0. The Hall–Kier alpha value is -1.53. The maximum Gasteiger partial charge on any atom is 0.412 e. The molecule has 6 heteroatoms. The Morgan fingerprint density at radius 1 is 1.21 bits per heavy atom. The van der Waals surface area contributed by atoms with Crippen molar-refractivity contribution in [1.29, 1.82) is 0 Å². The van der Waals surface area contributed by atoms with E-state index in [4.69, 9.17) is 13.9 Å². The second-order valence-electron chi connectivity index (χ2n) is 10.2. The maximum atomic E-state index is 12.1. The molecule has 1 aromatic carbocycles. The molecular weight excluding hydrogens is 370 g/mol. The number of anilines is 1. The normalized spacial score (nSPS) is 17.5. The van der Waals surface area contributed by atoms with Crippen molar-refractivity contribution in [2.75, 3.05) is 11.9 Å². The molecule has 0 saturated heterocycles. The van der Waals surface area contributed by atoms with Crippen LogP contribution < -0.4 is 10.1 Å². The number of hydrogen-bond acceptors (Lipinski definition) is 4. The van der Waals surface area contributed by atoms with Crippen molar-refractivity contribution in [2.45, 2.75) is 91.1 Å². The van der Waals surface area contributed by atoms with E-state index in [1.165, 1.54) is 5.56 Å². The van der Waals surface area contributed by atoms with Crippen molar-refractivity contribution in [3.8, 4) is 5.75 Å². The van der Waals surface area contributed by atoms with Gasteiger partial charge in [0.2, 0.25) is 0 Å². The predicted molar refractivity (Wildman–Crippen MR) is 117 cm³/mol. The van der Waals surface area contributed by atoms with Crippen LogP contribution in [0.25, 0.3) is 0 Å². The van der Waals surface area contributed by atoms with Crippen molar-refractivity contribution in [2.24, 2.45) is 0 Å². The van der Waals surface area contributed by atoms with Crippen molar-refractivity contribution < 1.29 is 18.7 Å². The molecule has 0 saturated carbocycles. The van der Waals surface area contributed by atoms with Crippen LogP contribution in [0.15, 0.2) is 12.1 Å². The molecule has 1 atom stereocenters. The third-order valence-corrected chi connectivity index (χ3v) is 10.1. The number of nitrogens with one attached hydrogen (secondary N) is 1. The first-order valence-electron chi connectivity index (χ1n) is 10.1. The number of fused-ring (bicyclic) bond motifs is 1. The highest BCUT2D eigenvalue weighted by Gasteiger charge is 2.38. The number of carbonyl (C=O) groups is 1. The van der Waals surface area contributed by atoms with Gasteiger partial charge in [-0.3, -0.25) is 5.32 Å². The van der Waals surface area contributed by atoms with Gasteiger partial charge < -0.3 is 13.9 Å². The molecule has 0 aromatic heterocycles. The van der Waals surface area contributed by atoms with Gasteiger partial charge in [-0.25, -0.2) is 4.79 Å². The molecule has 2 rings (SSSR count). The highest BCUT2D eigenvalue weighted by molar-refractivity contribution is 6.74. The fraction of sp³-hybridized carbons (Fsp3) is 0.682. The summed E-state index contributed by atoms with van der Waals surface area (Å²) in [6.07, 6.45) is 1.48. The minimum atomic E-state index is -1.80. The predicted octanol–water partition coefficient (Wildman–Crippen LogP) is 6.06. The Balaban J connectivity index is 2.08. The minimum absolute atomic E-state index is 0.0390. The van der Waals surface area contributed by atoms with E-state index >= 15 is 0 Å². The van der Waals surface area contributed by atoms with E-state index in [-0.39, 0.29) is 11.1 Å². The lowest BCUT2D eigenvalue weighted by Crippen LogP contribution is -2.44. The van der Waals surface area contributed by atoms with Crippen LogP contribution in [0.2, 0.25) is 18.1 Å². The zero-order valence-corrected chi connectivity index (χ0v) is 20.0. The highest BCUT2D eigenvalue weighted by atomic mass is 28.4. The van der Waals surface area contributed by atoms with Crippen molar-refractivity contribution in [3.63, 3.8) is 0 Å². The second-order valence-corrected chi connectivity index (χ2v) is 15.0. The second kappa shape index (κ2) is 8.07. The molecular formula is C22H37NO4Si. The van der Waals surface area contributed by atoms with Crippen molar-refractivity contribution >= 4 is 20.1 Å². The minimum Gasteiger partial charge on any atom is -0.487 e. The Labute approximate surface area is 171 Å². The van der Waals surface area contributed by atoms with Gasteiger partial charge >= 0.3 is 6.09 Å². The zero-order valence-electron chi connectivity index (χ0n) is 19.0. The number of carbonyl (C=O) groups excluding carboxylic acids is 1. The van der Waals surface area contributed by atoms with Crippen LogP contribution >= 0.6 is 0 Å². The molecule has 0 fully saturated rings. The van der Waals surface area contributed by atoms with Crippen LogP contribution in [0.5, 0.6) is 5.75 Å². The summed E-state index contributed by atoms with van der Waals surface area (Å²) in [5.74, 6) is 0.864. The Bertz CT molecular complexity index is 716. The third-order valence-electron chi connectivity index (χ3n) is 5.58. The summed E-state index contributed by atoms with van der Waals surface area (Å²) >= 11 is 0. The van der Waals surface area contributed by atoms with Crippen LogP contribution in [-0.4, -0.2) is 32.7 Å². The summed E-state index contributed by atoms with van der Waals surface area (Å²) in [5.41, 5.74) is 2.30. The van der Waals surface area contributed by atoms with E-state index < -0.39 is 20.0 Å². The maximum absolute atomic E-state index is 12.1. The van der Waals surface area contributed by atoms with Crippen molar-refractivity contribution in [1.82, 2.24) is 0 Å². The van der Waals surface area contributed by atoms with E-state index in [2.05, 4.69) is 39.2 Å². The first-order chi connectivity index (χ1) is 12.7. The largest absolute Gasteiger partial charge is 0.487 e. The van der Waals surface area contributed by atoms with E-state index in [1.807, 2.05) is 39.8 Å². The average Bonchev–Trinajstić information content (AvgIpc) is 2.53. The molecule has 0 unspecified atom stereocenters. The lowest BCUT2D eigenvalue weighted by Gasteiger charge is -2.38. The third kappa shape index (κ3) is 5.74. The summed E-state index contributed by atoms with van der Waals surface area (Å²) < 4.78 is 18.0. The molecule has 1 aliphatic heterocycles. The summed E-state index contributed by atoms with van der Waals surface area (Å²) in [6, 6.07) is 3.95. The summed E-state index contributed by atoms with van der Waals surface area (Å²) in [4.78, 5) is 12.1. The molecule has 0 bridgehead atoms. The number of hydrogen-bond donors (Lipinski definition) is 1. The van der Waals surface area contributed by atoms with Gasteiger partial charge in [-0.15, -0.1) is 0 Å². The van der Waals surface area contributed by atoms with Crippen molar-refractivity contribution in [3.05, 3.63) is 23.3 Å². The lowest BCUT2D eigenvalue weighted by atomic mass is 9.98. The zero-order chi connectivity index (χ0) is 21.3. The van der Waals surface area contributed by atoms with E-state index in [0.29, 0.717) is 6.61 Å². The number of benzene rings is 1. The fourth-order valence-corrected chi connectivity index (χ4v) is 3.87. The fourth-order valence-electron chi connectivity index (χ4n) is 2.83. The van der Waals surface area contributed by atoms with Crippen LogP contribution in [-0.2, 0) is 15.6 Å². The summed E-state index contributed by atoms with van der Waals surface area (Å²) in [7, 11) is -1.80.